The fourth-order valence-electron chi connectivity index (χ4n) is 1.24. The van der Waals surface area contributed by atoms with E-state index >= 15 is 0 Å². The Kier molecular flexibility index (Phi) is 3.41. The Balaban J connectivity index is 2.09. The van der Waals surface area contributed by atoms with Gasteiger partial charge < -0.3 is 0 Å². The SMILES string of the molecule is NNC(=O)c1nc(CN2C(=O)CSC2=O)cs1. The van der Waals surface area contributed by atoms with Crippen LogP contribution in [0.25, 0.3) is 0 Å². The van der Waals surface area contributed by atoms with E-state index in [0.29, 0.717) is 5.69 Å². The Morgan fingerprint density at radius 1 is 1.59 bits per heavy atom. The van der Waals surface area contributed by atoms with Crippen molar-refractivity contribution in [3.63, 3.8) is 0 Å². The fourth-order valence-corrected chi connectivity index (χ4v) is 2.68. The highest BCUT2D eigenvalue weighted by atomic mass is 32.2. The predicted octanol–water partition coefficient (Wildman–Crippen LogP) is -0.0580. The number of nitrogens with zero attached hydrogens (tertiary/aromatic N) is 2. The summed E-state index contributed by atoms with van der Waals surface area (Å²) in [7, 11) is 0. The molecule has 0 unspecified atom stereocenters. The van der Waals surface area contributed by atoms with Gasteiger partial charge in [-0.15, -0.1) is 11.3 Å². The first-order valence-electron chi connectivity index (χ1n) is 4.54. The molecule has 2 heterocycles. The molecular formula is C8H8N4O3S2. The number of thiazole rings is 1. The number of hydrogen-bond donors (Lipinski definition) is 2. The lowest BCUT2D eigenvalue weighted by Crippen LogP contribution is -2.30. The van der Waals surface area contributed by atoms with E-state index < -0.39 is 5.91 Å². The average Bonchev–Trinajstić information content (AvgIpc) is 2.90. The number of hydrazine groups is 1. The van der Waals surface area contributed by atoms with Crippen LogP contribution in [-0.2, 0) is 11.3 Å². The molecule has 0 atom stereocenters. The van der Waals surface area contributed by atoms with Gasteiger partial charge in [0.2, 0.25) is 5.91 Å². The maximum Gasteiger partial charge on any atom is 0.294 e. The lowest BCUT2D eigenvalue weighted by atomic mass is 10.4. The summed E-state index contributed by atoms with van der Waals surface area (Å²) in [4.78, 5) is 38.9. The number of nitrogens with two attached hydrogens (primary N) is 1. The molecule has 0 spiro atoms. The van der Waals surface area contributed by atoms with Crippen LogP contribution in [0.5, 0.6) is 0 Å². The van der Waals surface area contributed by atoms with E-state index in [2.05, 4.69) is 4.98 Å². The van der Waals surface area contributed by atoms with Crippen molar-refractivity contribution in [2.75, 3.05) is 5.75 Å². The van der Waals surface area contributed by atoms with E-state index in [4.69, 9.17) is 5.84 Å². The molecule has 1 aromatic rings. The molecule has 3 amide bonds. The third-order valence-corrected chi connectivity index (χ3v) is 3.79. The fraction of sp³-hybridized carbons (Fsp3) is 0.250. The Morgan fingerprint density at radius 2 is 2.35 bits per heavy atom. The van der Waals surface area contributed by atoms with E-state index in [1.165, 1.54) is 0 Å². The summed E-state index contributed by atoms with van der Waals surface area (Å²) in [6.45, 7) is 0.0962. The zero-order chi connectivity index (χ0) is 12.4. The highest BCUT2D eigenvalue weighted by molar-refractivity contribution is 8.14. The number of carbonyl (C=O) groups is 3. The van der Waals surface area contributed by atoms with Gasteiger partial charge in [0, 0.05) is 5.38 Å². The molecule has 0 bridgehead atoms. The molecular weight excluding hydrogens is 264 g/mol. The molecule has 1 aliphatic heterocycles. The van der Waals surface area contributed by atoms with Gasteiger partial charge in [0.05, 0.1) is 18.0 Å². The van der Waals surface area contributed by atoms with E-state index in [1.54, 1.807) is 5.38 Å². The minimum absolute atomic E-state index is 0.0962. The number of carbonyl (C=O) groups excluding carboxylic acids is 3. The molecule has 1 saturated heterocycles. The molecule has 90 valence electrons. The summed E-state index contributed by atoms with van der Waals surface area (Å²) < 4.78 is 0. The highest BCUT2D eigenvalue weighted by Gasteiger charge is 2.30. The Hall–Kier alpha value is -1.45. The van der Waals surface area contributed by atoms with Crippen molar-refractivity contribution in [1.29, 1.82) is 0 Å². The summed E-state index contributed by atoms with van der Waals surface area (Å²) in [6, 6.07) is 0. The number of thioether (sulfide) groups is 1. The zero-order valence-corrected chi connectivity index (χ0v) is 10.1. The minimum Gasteiger partial charge on any atom is -0.288 e. The molecule has 9 heteroatoms. The van der Waals surface area contributed by atoms with Crippen LogP contribution in [0.3, 0.4) is 0 Å². The molecule has 7 nitrogen and oxygen atoms in total. The van der Waals surface area contributed by atoms with E-state index in [1.807, 2.05) is 5.43 Å². The second-order valence-corrected chi connectivity index (χ2v) is 4.94. The minimum atomic E-state index is -0.491. The van der Waals surface area contributed by atoms with Crippen molar-refractivity contribution < 1.29 is 14.4 Å². The number of nitrogen functional groups attached to an aromatic ring is 1. The number of nitrogens with one attached hydrogen (secondary N) is 1. The smallest absolute Gasteiger partial charge is 0.288 e. The molecule has 17 heavy (non-hydrogen) atoms. The molecule has 0 aromatic carbocycles. The normalized spacial score (nSPS) is 15.5. The van der Waals surface area contributed by atoms with Crippen LogP contribution in [0.2, 0.25) is 0 Å². The summed E-state index contributed by atoms with van der Waals surface area (Å²) in [5.41, 5.74) is 2.46. The van der Waals surface area contributed by atoms with Crippen molar-refractivity contribution in [1.82, 2.24) is 15.3 Å². The maximum atomic E-state index is 11.3. The van der Waals surface area contributed by atoms with Gasteiger partial charge in [0.1, 0.15) is 0 Å². The van der Waals surface area contributed by atoms with E-state index in [-0.39, 0.29) is 28.5 Å². The summed E-state index contributed by atoms with van der Waals surface area (Å²) >= 11 is 2.07. The van der Waals surface area contributed by atoms with Crippen molar-refractivity contribution in [2.45, 2.75) is 6.54 Å². The van der Waals surface area contributed by atoms with Crippen LogP contribution in [0.4, 0.5) is 4.79 Å². The molecule has 1 aromatic heterocycles. The second-order valence-electron chi connectivity index (χ2n) is 3.15. The van der Waals surface area contributed by atoms with Gasteiger partial charge in [0.15, 0.2) is 5.01 Å². The van der Waals surface area contributed by atoms with Crippen LogP contribution in [0.15, 0.2) is 5.38 Å². The number of imide groups is 1. The van der Waals surface area contributed by atoms with Crippen molar-refractivity contribution in [2.24, 2.45) is 5.84 Å². The summed E-state index contributed by atoms with van der Waals surface area (Å²) in [5, 5.41) is 1.54. The molecule has 0 radical (unpaired) electrons. The number of rotatable bonds is 3. The van der Waals surface area contributed by atoms with Crippen LogP contribution < -0.4 is 11.3 Å². The van der Waals surface area contributed by atoms with Gasteiger partial charge in [-0.05, 0) is 0 Å². The summed E-state index contributed by atoms with van der Waals surface area (Å²) in [5.74, 6) is 4.40. The van der Waals surface area contributed by atoms with E-state index in [0.717, 1.165) is 28.0 Å². The lowest BCUT2D eigenvalue weighted by molar-refractivity contribution is -0.125. The third kappa shape index (κ3) is 2.46. The van der Waals surface area contributed by atoms with Crippen LogP contribution >= 0.6 is 23.1 Å². The molecule has 2 rings (SSSR count). The number of amides is 3. The Bertz CT molecular complexity index is 471. The first-order chi connectivity index (χ1) is 8.11. The standard InChI is InChI=1S/C8H8N4O3S2/c9-11-6(14)7-10-4(2-16-7)1-12-5(13)3-17-8(12)15/h2H,1,3,9H2,(H,11,14). The monoisotopic (exact) mass is 272 g/mol. The van der Waals surface area contributed by atoms with Gasteiger partial charge in [-0.3, -0.25) is 24.7 Å². The topological polar surface area (TPSA) is 105 Å². The van der Waals surface area contributed by atoms with Crippen LogP contribution in [0.1, 0.15) is 15.5 Å². The predicted molar refractivity (Wildman–Crippen MR) is 62.2 cm³/mol. The van der Waals surface area contributed by atoms with Gasteiger partial charge in [-0.1, -0.05) is 11.8 Å². The first-order valence-corrected chi connectivity index (χ1v) is 6.41. The third-order valence-electron chi connectivity index (χ3n) is 2.04. The van der Waals surface area contributed by atoms with Crippen LogP contribution in [0, 0.1) is 0 Å². The van der Waals surface area contributed by atoms with Gasteiger partial charge in [-0.2, -0.15) is 0 Å². The molecule has 0 aliphatic carbocycles. The quantitative estimate of drug-likeness (QED) is 0.454. The van der Waals surface area contributed by atoms with E-state index in [9.17, 15) is 14.4 Å². The lowest BCUT2D eigenvalue weighted by Gasteiger charge is -2.09. The van der Waals surface area contributed by atoms with Crippen LogP contribution in [-0.4, -0.2) is 32.7 Å². The molecule has 3 N–H and O–H groups in total. The Morgan fingerprint density at radius 3 is 2.94 bits per heavy atom. The van der Waals surface area contributed by atoms with Gasteiger partial charge in [0.25, 0.3) is 11.1 Å². The maximum absolute atomic E-state index is 11.3. The Labute approximate surface area is 104 Å². The van der Waals surface area contributed by atoms with Crippen molar-refractivity contribution in [3.8, 4) is 0 Å². The zero-order valence-electron chi connectivity index (χ0n) is 8.50. The molecule has 0 saturated carbocycles. The second kappa shape index (κ2) is 4.82. The summed E-state index contributed by atoms with van der Waals surface area (Å²) in [6.07, 6.45) is 0. The van der Waals surface area contributed by atoms with Crippen molar-refractivity contribution in [3.05, 3.63) is 16.1 Å². The largest absolute Gasteiger partial charge is 0.294 e. The number of aromatic nitrogens is 1. The molecule has 1 aliphatic rings. The number of hydrogen-bond acceptors (Lipinski definition) is 7. The van der Waals surface area contributed by atoms with Crippen molar-refractivity contribution >= 4 is 40.2 Å². The first kappa shape index (κ1) is 12.0. The highest BCUT2D eigenvalue weighted by Crippen LogP contribution is 2.21. The van der Waals surface area contributed by atoms with Gasteiger partial charge in [-0.25, -0.2) is 10.8 Å². The molecule has 1 fully saturated rings. The van der Waals surface area contributed by atoms with Gasteiger partial charge >= 0.3 is 0 Å². The average molecular weight is 272 g/mol.